The summed E-state index contributed by atoms with van der Waals surface area (Å²) in [6.07, 6.45) is 1.92. The average Bonchev–Trinajstić information content (AvgIpc) is 3.96. The summed E-state index contributed by atoms with van der Waals surface area (Å²) in [4.78, 5) is 9.44. The molecule has 0 spiro atoms. The monoisotopic (exact) mass is 986 g/mol. The van der Waals surface area contributed by atoms with Gasteiger partial charge in [-0.3, -0.25) is 0 Å². The second-order valence-electron chi connectivity index (χ2n) is 16.1. The van der Waals surface area contributed by atoms with E-state index in [1.807, 2.05) is 24.4 Å². The zero-order chi connectivity index (χ0) is 40.4. The van der Waals surface area contributed by atoms with Crippen LogP contribution in [0.15, 0.2) is 176 Å². The van der Waals surface area contributed by atoms with Crippen LogP contribution in [0.2, 0.25) is 0 Å². The molecule has 0 unspecified atom stereocenters. The third kappa shape index (κ3) is 6.81. The Hall–Kier alpha value is -6.46. The molecule has 0 bridgehead atoms. The summed E-state index contributed by atoms with van der Waals surface area (Å²) in [7, 11) is 0. The molecule has 0 saturated heterocycles. The summed E-state index contributed by atoms with van der Waals surface area (Å²) in [5.74, 6) is 2.07. The summed E-state index contributed by atoms with van der Waals surface area (Å²) < 4.78 is 11.4. The first-order valence-electron chi connectivity index (χ1n) is 20.2. The van der Waals surface area contributed by atoms with Gasteiger partial charge in [0.15, 0.2) is 0 Å². The molecule has 7 heteroatoms. The molecule has 0 amide bonds. The van der Waals surface area contributed by atoms with E-state index in [-0.39, 0.29) is 26.5 Å². The largest absolute Gasteiger partial charge is 0.509 e. The van der Waals surface area contributed by atoms with E-state index < -0.39 is 0 Å². The molecule has 10 aromatic rings. The van der Waals surface area contributed by atoms with Gasteiger partial charge in [0.2, 0.25) is 0 Å². The number of anilines is 4. The van der Waals surface area contributed by atoms with Crippen molar-refractivity contribution in [3.8, 4) is 39.6 Å². The van der Waals surface area contributed by atoms with Crippen LogP contribution in [-0.4, -0.2) is 9.55 Å². The summed E-state index contributed by atoms with van der Waals surface area (Å²) in [6.45, 7) is 8.88. The van der Waals surface area contributed by atoms with E-state index in [1.165, 1.54) is 20.3 Å². The van der Waals surface area contributed by atoms with Crippen LogP contribution >= 0.6 is 11.3 Å². The molecule has 0 radical (unpaired) electrons. The number of rotatable bonds is 7. The van der Waals surface area contributed by atoms with E-state index in [1.54, 1.807) is 11.3 Å². The van der Waals surface area contributed by atoms with Crippen LogP contribution in [0.25, 0.3) is 59.3 Å². The Morgan fingerprint density at radius 3 is 1.97 bits per heavy atom. The fourth-order valence-electron chi connectivity index (χ4n) is 8.41. The predicted octanol–water partition coefficient (Wildman–Crippen LogP) is 14.8. The van der Waals surface area contributed by atoms with Gasteiger partial charge in [0.1, 0.15) is 5.82 Å². The van der Waals surface area contributed by atoms with E-state index in [9.17, 15) is 0 Å². The zero-order valence-electron chi connectivity index (χ0n) is 33.7. The van der Waals surface area contributed by atoms with Crippen LogP contribution in [0.3, 0.4) is 0 Å². The molecule has 0 N–H and O–H groups in total. The number of pyridine rings is 1. The van der Waals surface area contributed by atoms with Gasteiger partial charge in [0.05, 0.1) is 5.52 Å². The summed E-state index contributed by atoms with van der Waals surface area (Å²) >= 11 is 1.81. The molecule has 1 aliphatic heterocycles. The van der Waals surface area contributed by atoms with Gasteiger partial charge in [-0.25, -0.2) is 4.98 Å². The molecule has 3 aromatic heterocycles. The third-order valence-corrected chi connectivity index (χ3v) is 12.5. The first kappa shape index (κ1) is 38.7. The maximum absolute atomic E-state index is 6.67. The second-order valence-corrected chi connectivity index (χ2v) is 17.2. The van der Waals surface area contributed by atoms with Crippen molar-refractivity contribution >= 4 is 65.3 Å². The minimum Gasteiger partial charge on any atom is -0.509 e. The fourth-order valence-corrected chi connectivity index (χ4v) is 9.62. The molecule has 4 heterocycles. The van der Waals surface area contributed by atoms with E-state index in [2.05, 4.69) is 206 Å². The van der Waals surface area contributed by atoms with E-state index in [0.717, 1.165) is 67.2 Å². The second kappa shape index (κ2) is 15.5. The number of benzene rings is 7. The zero-order valence-corrected chi connectivity index (χ0v) is 36.8. The summed E-state index contributed by atoms with van der Waals surface area (Å²) in [5.41, 5.74) is 12.0. The number of aromatic nitrogens is 2. The quantitative estimate of drug-likeness (QED) is 0.149. The van der Waals surface area contributed by atoms with Crippen molar-refractivity contribution in [3.05, 3.63) is 200 Å². The molecule has 0 saturated carbocycles. The van der Waals surface area contributed by atoms with Gasteiger partial charge in [-0.2, -0.15) is 12.1 Å². The minimum absolute atomic E-state index is 0. The van der Waals surface area contributed by atoms with Gasteiger partial charge >= 0.3 is 0 Å². The molecule has 300 valence electrons. The van der Waals surface area contributed by atoms with Gasteiger partial charge in [-0.05, 0) is 52.4 Å². The normalized spacial score (nSPS) is 12.6. The Morgan fingerprint density at radius 1 is 0.607 bits per heavy atom. The van der Waals surface area contributed by atoms with E-state index >= 15 is 0 Å². The SMILES string of the molecule is CC(C)(C)c1ccnc(-n2c3[c-]c(Oc4[c-]c(N5[CH-]N(c6c(-c7ccccc7)cccc6-c6ccccc6)c6ccccc65)ccc4)ccc3c3sc4ccccc4c32)c1.[Pt]. The van der Waals surface area contributed by atoms with Crippen molar-refractivity contribution in [2.24, 2.45) is 0 Å². The number of hydrogen-bond donors (Lipinski definition) is 0. The molecule has 61 heavy (non-hydrogen) atoms. The van der Waals surface area contributed by atoms with Crippen LogP contribution in [0.5, 0.6) is 11.5 Å². The molecular weight excluding hydrogens is 948 g/mol. The smallest absolute Gasteiger partial charge is 0.135 e. The number of thiophene rings is 1. The van der Waals surface area contributed by atoms with Gasteiger partial charge < -0.3 is 19.1 Å². The van der Waals surface area contributed by atoms with Gasteiger partial charge in [-0.15, -0.1) is 54.0 Å². The Labute approximate surface area is 374 Å². The molecule has 0 fully saturated rings. The third-order valence-electron chi connectivity index (χ3n) is 11.3. The maximum Gasteiger partial charge on any atom is 0.135 e. The van der Waals surface area contributed by atoms with Crippen LogP contribution in [0.4, 0.5) is 22.7 Å². The summed E-state index contributed by atoms with van der Waals surface area (Å²) in [5, 5.41) is 2.32. The molecule has 1 aliphatic rings. The average molecular weight is 987 g/mol. The molecule has 7 aromatic carbocycles. The Morgan fingerprint density at radius 2 is 1.25 bits per heavy atom. The van der Waals surface area contributed by atoms with Crippen LogP contribution in [0, 0.1) is 18.8 Å². The number of para-hydroxylation sites is 3. The first-order chi connectivity index (χ1) is 29.4. The molecule has 0 aliphatic carbocycles. The fraction of sp³-hybridized carbons (Fsp3) is 0.0741. The van der Waals surface area contributed by atoms with Crippen molar-refractivity contribution in [2.45, 2.75) is 26.2 Å². The molecule has 11 rings (SSSR count). The van der Waals surface area contributed by atoms with Crippen molar-refractivity contribution in [1.82, 2.24) is 9.55 Å². The Bertz CT molecular complexity index is 3170. The van der Waals surface area contributed by atoms with Crippen molar-refractivity contribution in [1.29, 1.82) is 0 Å². The topological polar surface area (TPSA) is 33.5 Å². The van der Waals surface area contributed by atoms with Crippen molar-refractivity contribution in [3.63, 3.8) is 0 Å². The predicted molar refractivity (Wildman–Crippen MR) is 249 cm³/mol. The number of fused-ring (bicyclic) bond motifs is 6. The van der Waals surface area contributed by atoms with Crippen LogP contribution in [0.1, 0.15) is 26.3 Å². The molecular formula is C54H39N4OPtS-3. The number of hydrogen-bond acceptors (Lipinski definition) is 5. The van der Waals surface area contributed by atoms with Crippen LogP contribution < -0.4 is 14.5 Å². The van der Waals surface area contributed by atoms with Gasteiger partial charge in [-0.1, -0.05) is 141 Å². The molecule has 5 nitrogen and oxygen atoms in total. The Kier molecular flexibility index (Phi) is 9.86. The van der Waals surface area contributed by atoms with Gasteiger partial charge in [0.25, 0.3) is 0 Å². The van der Waals surface area contributed by atoms with Crippen LogP contribution in [-0.2, 0) is 26.5 Å². The number of ether oxygens (including phenoxy) is 1. The summed E-state index contributed by atoms with van der Waals surface area (Å²) in [6, 6.07) is 66.8. The van der Waals surface area contributed by atoms with Gasteiger partial charge in [0, 0.05) is 81.7 Å². The van der Waals surface area contributed by atoms with Crippen molar-refractivity contribution in [2.75, 3.05) is 9.80 Å². The first-order valence-corrected chi connectivity index (χ1v) is 21.0. The van der Waals surface area contributed by atoms with E-state index in [0.29, 0.717) is 11.5 Å². The number of nitrogens with zero attached hydrogens (tertiary/aromatic N) is 4. The molecule has 0 atom stereocenters. The maximum atomic E-state index is 6.67. The Balaban J connectivity index is 0.00000445. The standard InChI is InChI=1S/C54H39N4OS.Pt/c1-54(2,3)38-30-31-55-50(32-38)58-48-34-41(28-29-44(48)53-52(58)45-22-10-13-27-49(45)60-53)59-40-21-14-20-39(33-40)56-35-57(47-26-12-11-25-46(47)56)51-42(36-16-6-4-7-17-36)23-15-24-43(51)37-18-8-5-9-19-37;/h4-32,35H,1-3H3;/q-3;. The van der Waals surface area contributed by atoms with Crippen molar-refractivity contribution < 1.29 is 25.8 Å². The van der Waals surface area contributed by atoms with E-state index in [4.69, 9.17) is 9.72 Å². The minimum atomic E-state index is -0.0326.